The molecular weight excluding hydrogens is 424 g/mol. The first-order valence-corrected chi connectivity index (χ1v) is 8.87. The van der Waals surface area contributed by atoms with Gasteiger partial charge < -0.3 is 14.8 Å². The molecule has 26 heavy (non-hydrogen) atoms. The second-order valence-electron chi connectivity index (χ2n) is 4.92. The van der Waals surface area contributed by atoms with Crippen molar-refractivity contribution in [2.24, 2.45) is 0 Å². The number of rotatable bonds is 6. The van der Waals surface area contributed by atoms with Gasteiger partial charge in [-0.15, -0.1) is 0 Å². The van der Waals surface area contributed by atoms with Crippen molar-refractivity contribution in [1.29, 1.82) is 0 Å². The summed E-state index contributed by atoms with van der Waals surface area (Å²) in [6.07, 6.45) is 0. The molecule has 0 aliphatic carbocycles. The van der Waals surface area contributed by atoms with Crippen LogP contribution in [-0.2, 0) is 9.53 Å². The molecule has 0 aliphatic rings. The number of carbonyl (C=O) groups is 2. The second-order valence-corrected chi connectivity index (χ2v) is 6.50. The lowest BCUT2D eigenvalue weighted by molar-refractivity contribution is -0.118. The number of ether oxygens (including phenoxy) is 2. The lowest BCUT2D eigenvalue weighted by atomic mass is 10.2. The highest BCUT2D eigenvalue weighted by Gasteiger charge is 2.16. The van der Waals surface area contributed by atoms with Crippen LogP contribution in [0, 0.1) is 0 Å². The molecule has 0 saturated heterocycles. The standard InChI is InChI=1S/C17H13Cl4NO4/c1-2-25-17(24)9-3-5-10(6-4-9)26-8-13(23)22-16-14(20)11(18)7-12(19)15(16)21/h3-7H,2,8H2,1H3,(H,22,23). The van der Waals surface area contributed by atoms with Crippen LogP contribution in [0.25, 0.3) is 0 Å². The number of benzene rings is 2. The van der Waals surface area contributed by atoms with E-state index in [4.69, 9.17) is 55.9 Å². The number of amides is 1. The van der Waals surface area contributed by atoms with Crippen LogP contribution in [0.2, 0.25) is 20.1 Å². The zero-order valence-corrected chi connectivity index (χ0v) is 16.5. The Bertz CT molecular complexity index is 798. The minimum Gasteiger partial charge on any atom is -0.484 e. The molecular formula is C17H13Cl4NO4. The van der Waals surface area contributed by atoms with Crippen molar-refractivity contribution < 1.29 is 19.1 Å². The van der Waals surface area contributed by atoms with Crippen LogP contribution in [0.1, 0.15) is 17.3 Å². The Morgan fingerprint density at radius 2 is 1.58 bits per heavy atom. The van der Waals surface area contributed by atoms with Crippen LogP contribution in [0.3, 0.4) is 0 Å². The highest BCUT2D eigenvalue weighted by atomic mass is 35.5. The van der Waals surface area contributed by atoms with Crippen LogP contribution in [0.5, 0.6) is 5.75 Å². The summed E-state index contributed by atoms with van der Waals surface area (Å²) in [5.41, 5.74) is 0.493. The summed E-state index contributed by atoms with van der Waals surface area (Å²) in [6, 6.07) is 7.56. The van der Waals surface area contributed by atoms with Gasteiger partial charge in [-0.1, -0.05) is 46.4 Å². The average molecular weight is 437 g/mol. The van der Waals surface area contributed by atoms with E-state index in [-0.39, 0.29) is 39.0 Å². The Hall–Kier alpha value is -1.66. The van der Waals surface area contributed by atoms with Gasteiger partial charge in [0.2, 0.25) is 0 Å². The molecule has 2 rings (SSSR count). The summed E-state index contributed by atoms with van der Waals surface area (Å²) >= 11 is 23.9. The van der Waals surface area contributed by atoms with E-state index >= 15 is 0 Å². The maximum absolute atomic E-state index is 12.1. The molecule has 1 amide bonds. The van der Waals surface area contributed by atoms with Crippen LogP contribution in [0.4, 0.5) is 5.69 Å². The quantitative estimate of drug-likeness (QED) is 0.480. The Labute approximate surface area is 170 Å². The van der Waals surface area contributed by atoms with Crippen LogP contribution >= 0.6 is 46.4 Å². The average Bonchev–Trinajstić information content (AvgIpc) is 2.62. The van der Waals surface area contributed by atoms with Gasteiger partial charge in [-0.05, 0) is 37.3 Å². The summed E-state index contributed by atoms with van der Waals surface area (Å²) in [4.78, 5) is 23.6. The van der Waals surface area contributed by atoms with Gasteiger partial charge in [-0.25, -0.2) is 4.79 Å². The molecule has 9 heteroatoms. The van der Waals surface area contributed by atoms with Crippen molar-refractivity contribution in [3.8, 4) is 5.75 Å². The van der Waals surface area contributed by atoms with E-state index in [2.05, 4.69) is 5.32 Å². The summed E-state index contributed by atoms with van der Waals surface area (Å²) in [5.74, 6) is -0.546. The molecule has 0 saturated carbocycles. The smallest absolute Gasteiger partial charge is 0.338 e. The zero-order valence-electron chi connectivity index (χ0n) is 13.4. The first kappa shape index (κ1) is 20.6. The third-order valence-corrected chi connectivity index (χ3v) is 4.69. The van der Waals surface area contributed by atoms with Crippen molar-refractivity contribution in [3.05, 3.63) is 56.0 Å². The molecule has 5 nitrogen and oxygen atoms in total. The van der Waals surface area contributed by atoms with E-state index in [0.29, 0.717) is 11.3 Å². The fourth-order valence-corrected chi connectivity index (χ4v) is 2.81. The SMILES string of the molecule is CCOC(=O)c1ccc(OCC(=O)Nc2c(Cl)c(Cl)cc(Cl)c2Cl)cc1. The lowest BCUT2D eigenvalue weighted by Gasteiger charge is -2.12. The Balaban J connectivity index is 1.99. The summed E-state index contributed by atoms with van der Waals surface area (Å²) < 4.78 is 10.2. The van der Waals surface area contributed by atoms with Gasteiger partial charge in [-0.2, -0.15) is 0 Å². The van der Waals surface area contributed by atoms with Crippen molar-refractivity contribution in [2.45, 2.75) is 6.92 Å². The maximum Gasteiger partial charge on any atom is 0.338 e. The molecule has 1 N–H and O–H groups in total. The molecule has 0 aromatic heterocycles. The van der Waals surface area contributed by atoms with E-state index in [0.717, 1.165) is 0 Å². The topological polar surface area (TPSA) is 64.6 Å². The molecule has 2 aromatic carbocycles. The second kappa shape index (κ2) is 9.33. The Morgan fingerprint density at radius 1 is 1.00 bits per heavy atom. The van der Waals surface area contributed by atoms with E-state index in [1.54, 1.807) is 19.1 Å². The van der Waals surface area contributed by atoms with Crippen LogP contribution in [0.15, 0.2) is 30.3 Å². The molecule has 0 aliphatic heterocycles. The summed E-state index contributed by atoms with van der Waals surface area (Å²) in [5, 5.41) is 2.98. The third kappa shape index (κ3) is 5.17. The molecule has 0 atom stereocenters. The number of esters is 1. The summed E-state index contributed by atoms with van der Waals surface area (Å²) in [7, 11) is 0. The van der Waals surface area contributed by atoms with Crippen molar-refractivity contribution in [1.82, 2.24) is 0 Å². The molecule has 0 unspecified atom stereocenters. The normalized spacial score (nSPS) is 10.3. The minimum absolute atomic E-state index is 0.0770. The fourth-order valence-electron chi connectivity index (χ4n) is 1.91. The zero-order chi connectivity index (χ0) is 19.3. The van der Waals surface area contributed by atoms with Crippen LogP contribution in [-0.4, -0.2) is 25.1 Å². The van der Waals surface area contributed by atoms with E-state index in [1.165, 1.54) is 18.2 Å². The van der Waals surface area contributed by atoms with Gasteiger partial charge in [0.1, 0.15) is 5.75 Å². The molecule has 0 heterocycles. The predicted molar refractivity (Wildman–Crippen MR) is 103 cm³/mol. The minimum atomic E-state index is -0.512. The third-order valence-electron chi connectivity index (χ3n) is 3.11. The highest BCUT2D eigenvalue weighted by Crippen LogP contribution is 2.40. The van der Waals surface area contributed by atoms with Crippen molar-refractivity contribution in [2.75, 3.05) is 18.5 Å². The van der Waals surface area contributed by atoms with Gasteiger partial charge in [0, 0.05) is 0 Å². The Morgan fingerprint density at radius 3 is 2.12 bits per heavy atom. The lowest BCUT2D eigenvalue weighted by Crippen LogP contribution is -2.20. The number of anilines is 1. The molecule has 0 bridgehead atoms. The summed E-state index contributed by atoms with van der Waals surface area (Å²) in [6.45, 7) is 1.70. The molecule has 0 spiro atoms. The largest absolute Gasteiger partial charge is 0.484 e. The van der Waals surface area contributed by atoms with Gasteiger partial charge >= 0.3 is 5.97 Å². The van der Waals surface area contributed by atoms with Crippen molar-refractivity contribution in [3.63, 3.8) is 0 Å². The molecule has 0 radical (unpaired) electrons. The number of hydrogen-bond donors (Lipinski definition) is 1. The number of hydrogen-bond acceptors (Lipinski definition) is 4. The monoisotopic (exact) mass is 435 g/mol. The number of carbonyl (C=O) groups excluding carboxylic acids is 2. The Kier molecular flexibility index (Phi) is 7.41. The first-order valence-electron chi connectivity index (χ1n) is 7.36. The van der Waals surface area contributed by atoms with Gasteiger partial charge in [0.05, 0.1) is 37.9 Å². The van der Waals surface area contributed by atoms with E-state index in [1.807, 2.05) is 0 Å². The maximum atomic E-state index is 12.1. The van der Waals surface area contributed by atoms with Gasteiger partial charge in [0.25, 0.3) is 5.91 Å². The predicted octanol–water partition coefficient (Wildman–Crippen LogP) is 5.49. The fraction of sp³-hybridized carbons (Fsp3) is 0.176. The molecule has 2 aromatic rings. The highest BCUT2D eigenvalue weighted by molar-refractivity contribution is 6.50. The first-order chi connectivity index (χ1) is 12.3. The molecule has 138 valence electrons. The van der Waals surface area contributed by atoms with E-state index < -0.39 is 11.9 Å². The van der Waals surface area contributed by atoms with Crippen LogP contribution < -0.4 is 10.1 Å². The van der Waals surface area contributed by atoms with E-state index in [9.17, 15) is 9.59 Å². The van der Waals surface area contributed by atoms with Gasteiger partial charge in [0.15, 0.2) is 6.61 Å². The van der Waals surface area contributed by atoms with Gasteiger partial charge in [-0.3, -0.25) is 4.79 Å². The van der Waals surface area contributed by atoms with Crippen molar-refractivity contribution >= 4 is 64.0 Å². The molecule has 0 fully saturated rings. The number of halogens is 4. The number of nitrogens with one attached hydrogen (secondary N) is 1.